The number of nitrogens with zero attached hydrogens (tertiary/aromatic N) is 3. The highest BCUT2D eigenvalue weighted by molar-refractivity contribution is 6.17. The van der Waals surface area contributed by atoms with Crippen molar-refractivity contribution in [1.82, 2.24) is 9.88 Å². The first kappa shape index (κ1) is 34.8. The Labute approximate surface area is 359 Å². The molecule has 1 aromatic heterocycles. The van der Waals surface area contributed by atoms with Gasteiger partial charge in [-0.25, -0.2) is 9.98 Å². The molecule has 13 rings (SSSR count). The van der Waals surface area contributed by atoms with Crippen LogP contribution in [0.25, 0.3) is 60.9 Å². The third-order valence-corrected chi connectivity index (χ3v) is 13.3. The van der Waals surface area contributed by atoms with Gasteiger partial charge in [-0.1, -0.05) is 182 Å². The summed E-state index contributed by atoms with van der Waals surface area (Å²) in [5.41, 5.74) is 19.0. The summed E-state index contributed by atoms with van der Waals surface area (Å²) in [5.74, 6) is 1.61. The SMILES string of the molecule is c1ccc(C2=NC(c3cccc4c3c3cc(-c5ccc6c(c5)C5(c7ccccc7-c7ccccc75)c5ccccc5-6)ccc3n4-c3ccccc3)N=C(c3ccccc3)N2)cc1. The van der Waals surface area contributed by atoms with Gasteiger partial charge in [-0.2, -0.15) is 0 Å². The maximum Gasteiger partial charge on any atom is 0.170 e. The predicted octanol–water partition coefficient (Wildman–Crippen LogP) is 13.3. The van der Waals surface area contributed by atoms with Gasteiger partial charge in [0.25, 0.3) is 0 Å². The smallest absolute Gasteiger partial charge is 0.170 e. The van der Waals surface area contributed by atoms with E-state index in [-0.39, 0.29) is 0 Å². The number of benzene rings is 9. The molecule has 0 bridgehead atoms. The molecule has 0 radical (unpaired) electrons. The van der Waals surface area contributed by atoms with Crippen LogP contribution in [0.5, 0.6) is 0 Å². The Morgan fingerprint density at radius 2 is 0.887 bits per heavy atom. The lowest BCUT2D eigenvalue weighted by atomic mass is 9.70. The van der Waals surface area contributed by atoms with Gasteiger partial charge in [0.1, 0.15) is 11.7 Å². The van der Waals surface area contributed by atoms with Gasteiger partial charge in [0.05, 0.1) is 16.4 Å². The van der Waals surface area contributed by atoms with Gasteiger partial charge in [0.2, 0.25) is 0 Å². The number of hydrogen-bond donors (Lipinski definition) is 1. The van der Waals surface area contributed by atoms with Crippen molar-refractivity contribution in [1.29, 1.82) is 0 Å². The molecule has 0 saturated heterocycles. The molecule has 3 aliphatic rings. The molecule has 10 aromatic rings. The van der Waals surface area contributed by atoms with E-state index in [4.69, 9.17) is 9.98 Å². The van der Waals surface area contributed by atoms with Crippen LogP contribution in [0, 0.1) is 0 Å². The van der Waals surface area contributed by atoms with Crippen LogP contribution in [0.2, 0.25) is 0 Å². The van der Waals surface area contributed by atoms with Crippen LogP contribution in [0.4, 0.5) is 0 Å². The summed E-state index contributed by atoms with van der Waals surface area (Å²) in [6, 6.07) is 79.2. The monoisotopic (exact) mass is 790 g/mol. The third-order valence-electron chi connectivity index (χ3n) is 13.3. The van der Waals surface area contributed by atoms with E-state index in [2.05, 4.69) is 216 Å². The minimum Gasteiger partial charge on any atom is -0.324 e. The molecule has 0 saturated carbocycles. The Bertz CT molecular complexity index is 3370. The van der Waals surface area contributed by atoms with E-state index in [1.807, 2.05) is 12.1 Å². The quantitative estimate of drug-likeness (QED) is 0.185. The zero-order chi connectivity index (χ0) is 40.8. The fraction of sp³-hybridized carbons (Fsp3) is 0.0345. The van der Waals surface area contributed by atoms with E-state index in [0.29, 0.717) is 0 Å². The Hall–Kier alpha value is -8.08. The van der Waals surface area contributed by atoms with Crippen molar-refractivity contribution in [2.24, 2.45) is 9.98 Å². The predicted molar refractivity (Wildman–Crippen MR) is 254 cm³/mol. The van der Waals surface area contributed by atoms with Crippen LogP contribution >= 0.6 is 0 Å². The number of fused-ring (bicyclic) bond motifs is 13. The Balaban J connectivity index is 1.05. The second-order valence-electron chi connectivity index (χ2n) is 16.5. The molecular formula is C58H38N4. The lowest BCUT2D eigenvalue weighted by molar-refractivity contribution is 0.762. The molecule has 1 aliphatic heterocycles. The lowest BCUT2D eigenvalue weighted by Gasteiger charge is -2.30. The Morgan fingerprint density at radius 3 is 1.48 bits per heavy atom. The van der Waals surface area contributed by atoms with Crippen molar-refractivity contribution in [3.63, 3.8) is 0 Å². The van der Waals surface area contributed by atoms with Crippen LogP contribution in [-0.4, -0.2) is 16.2 Å². The van der Waals surface area contributed by atoms with E-state index >= 15 is 0 Å². The third kappa shape index (κ3) is 4.95. The minimum absolute atomic E-state index is 0.409. The largest absolute Gasteiger partial charge is 0.324 e. The standard InChI is InChI=1S/C58H38N4/c1-4-17-37(18-5-1)55-59-56(38-19-6-2-7-20-38)61-57(60-55)46-26-16-30-53-54(46)47-35-39(32-34-52(47)62(53)41-21-8-3-9-22-41)40-31-33-45-44-25-12-15-29-50(44)58(51(45)36-40)48-27-13-10-23-42(48)43-24-11-14-28-49(43)58/h1-36,57H,(H,59,60,61). The maximum atomic E-state index is 5.36. The summed E-state index contributed by atoms with van der Waals surface area (Å²) in [4.78, 5) is 10.7. The van der Waals surface area contributed by atoms with E-state index in [0.717, 1.165) is 50.5 Å². The lowest BCUT2D eigenvalue weighted by Crippen LogP contribution is -2.36. The van der Waals surface area contributed by atoms with Crippen molar-refractivity contribution in [3.05, 3.63) is 257 Å². The Morgan fingerprint density at radius 1 is 0.387 bits per heavy atom. The van der Waals surface area contributed by atoms with Crippen LogP contribution in [0.1, 0.15) is 45.1 Å². The first-order chi connectivity index (χ1) is 30.8. The fourth-order valence-electron chi connectivity index (χ4n) is 10.7. The van der Waals surface area contributed by atoms with Gasteiger partial charge < -0.3 is 9.88 Å². The molecular weight excluding hydrogens is 753 g/mol. The molecule has 0 amide bonds. The van der Waals surface area contributed by atoms with Gasteiger partial charge in [0, 0.05) is 33.2 Å². The maximum absolute atomic E-state index is 5.36. The molecule has 4 nitrogen and oxygen atoms in total. The number of nitrogens with one attached hydrogen (secondary N) is 1. The van der Waals surface area contributed by atoms with E-state index in [1.165, 1.54) is 61.0 Å². The van der Waals surface area contributed by atoms with Crippen LogP contribution in [0.15, 0.2) is 228 Å². The fourth-order valence-corrected chi connectivity index (χ4v) is 10.7. The van der Waals surface area contributed by atoms with Crippen molar-refractivity contribution >= 4 is 33.5 Å². The summed E-state index contributed by atoms with van der Waals surface area (Å²) in [6.45, 7) is 0. The number of aliphatic imine (C=N–C) groups is 2. The number of hydrogen-bond acceptors (Lipinski definition) is 3. The van der Waals surface area contributed by atoms with E-state index < -0.39 is 11.6 Å². The molecule has 290 valence electrons. The highest BCUT2D eigenvalue weighted by Gasteiger charge is 2.51. The average molecular weight is 791 g/mol. The van der Waals surface area contributed by atoms with Gasteiger partial charge in [-0.05, 0) is 92.0 Å². The molecule has 1 N–H and O–H groups in total. The molecule has 62 heavy (non-hydrogen) atoms. The first-order valence-corrected chi connectivity index (χ1v) is 21.4. The average Bonchev–Trinajstić information content (AvgIpc) is 3.96. The Kier molecular flexibility index (Phi) is 7.55. The number of para-hydroxylation sites is 1. The molecule has 0 atom stereocenters. The second-order valence-corrected chi connectivity index (χ2v) is 16.5. The van der Waals surface area contributed by atoms with Crippen LogP contribution < -0.4 is 5.32 Å². The van der Waals surface area contributed by atoms with Crippen molar-refractivity contribution < 1.29 is 0 Å². The highest BCUT2D eigenvalue weighted by Crippen LogP contribution is 2.63. The summed E-state index contributed by atoms with van der Waals surface area (Å²) in [7, 11) is 0. The van der Waals surface area contributed by atoms with Crippen molar-refractivity contribution in [2.45, 2.75) is 11.6 Å². The molecule has 2 heterocycles. The van der Waals surface area contributed by atoms with Crippen molar-refractivity contribution in [2.75, 3.05) is 0 Å². The van der Waals surface area contributed by atoms with Gasteiger partial charge in [0.15, 0.2) is 6.17 Å². The normalized spacial score (nSPS) is 14.5. The number of rotatable bonds is 5. The number of amidine groups is 2. The summed E-state index contributed by atoms with van der Waals surface area (Å²) >= 11 is 0. The van der Waals surface area contributed by atoms with E-state index in [9.17, 15) is 0 Å². The molecule has 2 aliphatic carbocycles. The molecule has 1 spiro atoms. The summed E-state index contributed by atoms with van der Waals surface area (Å²) < 4.78 is 2.39. The molecule has 0 unspecified atom stereocenters. The van der Waals surface area contributed by atoms with E-state index in [1.54, 1.807) is 0 Å². The van der Waals surface area contributed by atoms with Crippen molar-refractivity contribution in [3.8, 4) is 39.1 Å². The van der Waals surface area contributed by atoms with Gasteiger partial charge in [-0.15, -0.1) is 0 Å². The summed E-state index contributed by atoms with van der Waals surface area (Å²) in [5, 5.41) is 5.90. The first-order valence-electron chi connectivity index (χ1n) is 21.4. The second kappa shape index (κ2) is 13.5. The minimum atomic E-state index is -0.482. The van der Waals surface area contributed by atoms with Crippen LogP contribution in [-0.2, 0) is 5.41 Å². The number of aromatic nitrogens is 1. The summed E-state index contributed by atoms with van der Waals surface area (Å²) in [6.07, 6.45) is -0.482. The van der Waals surface area contributed by atoms with Gasteiger partial charge >= 0.3 is 0 Å². The zero-order valence-corrected chi connectivity index (χ0v) is 33.7. The molecule has 4 heteroatoms. The zero-order valence-electron chi connectivity index (χ0n) is 33.7. The molecule has 0 fully saturated rings. The topological polar surface area (TPSA) is 41.7 Å². The van der Waals surface area contributed by atoms with Crippen LogP contribution in [0.3, 0.4) is 0 Å². The van der Waals surface area contributed by atoms with Gasteiger partial charge in [-0.3, -0.25) is 0 Å². The molecule has 9 aromatic carbocycles. The highest BCUT2D eigenvalue weighted by atomic mass is 15.2.